The van der Waals surface area contributed by atoms with Gasteiger partial charge in [-0.3, -0.25) is 4.79 Å². The van der Waals surface area contributed by atoms with Gasteiger partial charge in [0.2, 0.25) is 0 Å². The van der Waals surface area contributed by atoms with Crippen LogP contribution in [0, 0.1) is 12.8 Å². The molecule has 3 rings (SSSR count). The highest BCUT2D eigenvalue weighted by Gasteiger charge is 2.15. The van der Waals surface area contributed by atoms with Crippen LogP contribution in [0.5, 0.6) is 0 Å². The van der Waals surface area contributed by atoms with E-state index in [1.807, 2.05) is 31.3 Å². The lowest BCUT2D eigenvalue weighted by Gasteiger charge is -2.21. The molecule has 0 aliphatic carbocycles. The number of hydrogen-bond acceptors (Lipinski definition) is 3. The Bertz CT molecular complexity index is 629. The molecule has 1 amide bonds. The van der Waals surface area contributed by atoms with Gasteiger partial charge in [0.15, 0.2) is 5.69 Å². The first-order chi connectivity index (χ1) is 10.2. The van der Waals surface area contributed by atoms with Crippen molar-refractivity contribution in [1.29, 1.82) is 0 Å². The van der Waals surface area contributed by atoms with Crippen LogP contribution in [-0.4, -0.2) is 35.3 Å². The Labute approximate surface area is 124 Å². The summed E-state index contributed by atoms with van der Waals surface area (Å²) in [5, 5.41) is 7.25. The normalized spacial score (nSPS) is 18.8. The second-order valence-electron chi connectivity index (χ2n) is 5.73. The Kier molecular flexibility index (Phi) is 4.20. The van der Waals surface area contributed by atoms with Crippen molar-refractivity contribution in [2.24, 2.45) is 5.92 Å². The summed E-state index contributed by atoms with van der Waals surface area (Å²) in [5.74, 6) is 0.468. The lowest BCUT2D eigenvalue weighted by atomic mass is 9.99. The third-order valence-corrected chi connectivity index (χ3v) is 3.94. The van der Waals surface area contributed by atoms with Crippen LogP contribution in [0.15, 0.2) is 24.4 Å². The summed E-state index contributed by atoms with van der Waals surface area (Å²) in [7, 11) is 0. The zero-order valence-electron chi connectivity index (χ0n) is 12.3. The summed E-state index contributed by atoms with van der Waals surface area (Å²) in [6, 6.07) is 5.82. The highest BCUT2D eigenvalue weighted by molar-refractivity contribution is 5.93. The molecule has 0 aromatic carbocycles. The zero-order chi connectivity index (χ0) is 14.7. The number of pyridine rings is 1. The summed E-state index contributed by atoms with van der Waals surface area (Å²) >= 11 is 0. The van der Waals surface area contributed by atoms with Gasteiger partial charge in [0.25, 0.3) is 5.91 Å². The monoisotopic (exact) mass is 287 g/mol. The minimum absolute atomic E-state index is 0.104. The first-order valence-corrected chi connectivity index (χ1v) is 7.54. The maximum Gasteiger partial charge on any atom is 0.271 e. The zero-order valence-corrected chi connectivity index (χ0v) is 12.3. The SMILES string of the molecule is Cc1ccn2nc(C(=O)NCCC3CCCOC3)cc2c1. The Morgan fingerprint density at radius 3 is 3.24 bits per heavy atom. The molecular weight excluding hydrogens is 266 g/mol. The second-order valence-corrected chi connectivity index (χ2v) is 5.73. The first kappa shape index (κ1) is 14.1. The van der Waals surface area contributed by atoms with Crippen LogP contribution in [0.3, 0.4) is 0 Å². The van der Waals surface area contributed by atoms with E-state index in [-0.39, 0.29) is 5.91 Å². The van der Waals surface area contributed by atoms with E-state index in [1.165, 1.54) is 6.42 Å². The number of hydrogen-bond donors (Lipinski definition) is 1. The maximum absolute atomic E-state index is 12.1. The third-order valence-electron chi connectivity index (χ3n) is 3.94. The largest absolute Gasteiger partial charge is 0.381 e. The molecule has 0 bridgehead atoms. The van der Waals surface area contributed by atoms with Crippen LogP contribution in [0.4, 0.5) is 0 Å². The molecule has 1 unspecified atom stereocenters. The minimum atomic E-state index is -0.104. The van der Waals surface area contributed by atoms with Crippen LogP contribution in [-0.2, 0) is 4.74 Å². The second kappa shape index (κ2) is 6.26. The molecule has 0 radical (unpaired) electrons. The molecule has 0 saturated carbocycles. The van der Waals surface area contributed by atoms with Crippen molar-refractivity contribution in [3.63, 3.8) is 0 Å². The smallest absolute Gasteiger partial charge is 0.271 e. The van der Waals surface area contributed by atoms with Crippen LogP contribution < -0.4 is 5.32 Å². The van der Waals surface area contributed by atoms with E-state index in [0.717, 1.165) is 37.1 Å². The Balaban J connectivity index is 1.56. The number of aryl methyl sites for hydroxylation is 1. The average molecular weight is 287 g/mol. The molecule has 2 aromatic heterocycles. The van der Waals surface area contributed by atoms with Crippen molar-refractivity contribution in [3.8, 4) is 0 Å². The number of nitrogens with one attached hydrogen (secondary N) is 1. The molecule has 1 aliphatic rings. The number of fused-ring (bicyclic) bond motifs is 1. The van der Waals surface area contributed by atoms with E-state index in [9.17, 15) is 4.79 Å². The summed E-state index contributed by atoms with van der Waals surface area (Å²) in [4.78, 5) is 12.1. The molecule has 1 saturated heterocycles. The Hall–Kier alpha value is -1.88. The van der Waals surface area contributed by atoms with Crippen molar-refractivity contribution >= 4 is 11.4 Å². The van der Waals surface area contributed by atoms with E-state index >= 15 is 0 Å². The van der Waals surface area contributed by atoms with Gasteiger partial charge in [-0.25, -0.2) is 4.52 Å². The number of amides is 1. The quantitative estimate of drug-likeness (QED) is 0.938. The van der Waals surface area contributed by atoms with Crippen molar-refractivity contribution < 1.29 is 9.53 Å². The Morgan fingerprint density at radius 1 is 1.52 bits per heavy atom. The van der Waals surface area contributed by atoms with Crippen LogP contribution in [0.2, 0.25) is 0 Å². The molecule has 1 aliphatic heterocycles. The van der Waals surface area contributed by atoms with E-state index in [1.54, 1.807) is 4.52 Å². The van der Waals surface area contributed by atoms with Crippen molar-refractivity contribution in [1.82, 2.24) is 14.9 Å². The summed E-state index contributed by atoms with van der Waals surface area (Å²) in [5.41, 5.74) is 2.58. The maximum atomic E-state index is 12.1. The van der Waals surface area contributed by atoms with Gasteiger partial charge in [-0.15, -0.1) is 0 Å². The topological polar surface area (TPSA) is 55.6 Å². The predicted octanol–water partition coefficient (Wildman–Crippen LogP) is 2.19. The van der Waals surface area contributed by atoms with Crippen LogP contribution in [0.25, 0.3) is 5.52 Å². The van der Waals surface area contributed by atoms with E-state index in [2.05, 4.69) is 10.4 Å². The molecule has 1 atom stereocenters. The molecule has 1 fully saturated rings. The number of carbonyl (C=O) groups is 1. The molecule has 0 spiro atoms. The Morgan fingerprint density at radius 2 is 2.43 bits per heavy atom. The van der Waals surface area contributed by atoms with Crippen molar-refractivity contribution in [3.05, 3.63) is 35.7 Å². The summed E-state index contributed by atoms with van der Waals surface area (Å²) in [6.45, 7) is 4.41. The fourth-order valence-corrected chi connectivity index (χ4v) is 2.73. The van der Waals surface area contributed by atoms with Gasteiger partial charge >= 0.3 is 0 Å². The van der Waals surface area contributed by atoms with Gasteiger partial charge < -0.3 is 10.1 Å². The highest BCUT2D eigenvalue weighted by atomic mass is 16.5. The van der Waals surface area contributed by atoms with Crippen LogP contribution >= 0.6 is 0 Å². The molecule has 5 heteroatoms. The predicted molar refractivity (Wildman–Crippen MR) is 80.4 cm³/mol. The molecule has 3 heterocycles. The van der Waals surface area contributed by atoms with E-state index in [4.69, 9.17) is 4.74 Å². The molecular formula is C16H21N3O2. The average Bonchev–Trinajstić information content (AvgIpc) is 2.91. The van der Waals surface area contributed by atoms with Crippen molar-refractivity contribution in [2.45, 2.75) is 26.2 Å². The fourth-order valence-electron chi connectivity index (χ4n) is 2.73. The van der Waals surface area contributed by atoms with Crippen molar-refractivity contribution in [2.75, 3.05) is 19.8 Å². The van der Waals surface area contributed by atoms with E-state index in [0.29, 0.717) is 18.2 Å². The molecule has 21 heavy (non-hydrogen) atoms. The lowest BCUT2D eigenvalue weighted by Crippen LogP contribution is -2.28. The van der Waals surface area contributed by atoms with Gasteiger partial charge in [0.05, 0.1) is 5.52 Å². The first-order valence-electron chi connectivity index (χ1n) is 7.54. The molecule has 1 N–H and O–H groups in total. The van der Waals surface area contributed by atoms with E-state index < -0.39 is 0 Å². The van der Waals surface area contributed by atoms with Gasteiger partial charge in [-0.05, 0) is 55.9 Å². The van der Waals surface area contributed by atoms with Gasteiger partial charge in [-0.1, -0.05) is 0 Å². The number of carbonyl (C=O) groups excluding carboxylic acids is 1. The number of rotatable bonds is 4. The minimum Gasteiger partial charge on any atom is -0.381 e. The molecule has 2 aromatic rings. The standard InChI is InChI=1S/C16H21N3O2/c1-12-5-7-19-14(9-12)10-15(18-19)16(20)17-6-4-13-3-2-8-21-11-13/h5,7,9-10,13H,2-4,6,8,11H2,1H3,(H,17,20). The number of aromatic nitrogens is 2. The molecule has 112 valence electrons. The van der Waals surface area contributed by atoms with Crippen LogP contribution in [0.1, 0.15) is 35.3 Å². The number of nitrogens with zero attached hydrogens (tertiary/aromatic N) is 2. The number of ether oxygens (including phenoxy) is 1. The highest BCUT2D eigenvalue weighted by Crippen LogP contribution is 2.16. The fraction of sp³-hybridized carbons (Fsp3) is 0.500. The summed E-state index contributed by atoms with van der Waals surface area (Å²) in [6.07, 6.45) is 5.17. The molecule has 5 nitrogen and oxygen atoms in total. The van der Waals surface area contributed by atoms with Gasteiger partial charge in [-0.2, -0.15) is 5.10 Å². The lowest BCUT2D eigenvalue weighted by molar-refractivity contribution is 0.0514. The summed E-state index contributed by atoms with van der Waals surface area (Å²) < 4.78 is 7.18. The van der Waals surface area contributed by atoms with Gasteiger partial charge in [0, 0.05) is 26.0 Å². The third kappa shape index (κ3) is 3.42. The van der Waals surface area contributed by atoms with Gasteiger partial charge in [0.1, 0.15) is 0 Å².